The highest BCUT2D eigenvalue weighted by atomic mass is 19.1. The van der Waals surface area contributed by atoms with Crippen molar-refractivity contribution in [2.75, 3.05) is 23.3 Å². The van der Waals surface area contributed by atoms with Gasteiger partial charge in [-0.25, -0.2) is 13.5 Å². The van der Waals surface area contributed by atoms with Crippen molar-refractivity contribution in [2.24, 2.45) is 0 Å². The van der Waals surface area contributed by atoms with Gasteiger partial charge in [-0.2, -0.15) is 5.10 Å². The lowest BCUT2D eigenvalue weighted by molar-refractivity contribution is 0.102. The summed E-state index contributed by atoms with van der Waals surface area (Å²) in [6.45, 7) is 5.15. The molecular weight excluding hydrogens is 374 g/mol. The second kappa shape index (κ2) is 7.66. The van der Waals surface area contributed by atoms with E-state index in [0.29, 0.717) is 18.7 Å². The van der Waals surface area contributed by atoms with Gasteiger partial charge < -0.3 is 10.2 Å². The Morgan fingerprint density at radius 3 is 2.17 bits per heavy atom. The predicted octanol–water partition coefficient (Wildman–Crippen LogP) is 4.62. The van der Waals surface area contributed by atoms with Crippen molar-refractivity contribution in [3.05, 3.63) is 71.1 Å². The zero-order chi connectivity index (χ0) is 20.5. The van der Waals surface area contributed by atoms with Gasteiger partial charge in [0.15, 0.2) is 11.6 Å². The first-order valence-electron chi connectivity index (χ1n) is 9.61. The molecule has 0 saturated carbocycles. The van der Waals surface area contributed by atoms with Gasteiger partial charge in [0, 0.05) is 30.0 Å². The minimum atomic E-state index is -0.665. The number of carbonyl (C=O) groups is 1. The molecule has 1 amide bonds. The summed E-state index contributed by atoms with van der Waals surface area (Å²) < 4.78 is 30.7. The summed E-state index contributed by atoms with van der Waals surface area (Å²) in [6, 6.07) is 11.2. The minimum Gasteiger partial charge on any atom is -0.367 e. The van der Waals surface area contributed by atoms with Gasteiger partial charge in [0.1, 0.15) is 5.69 Å². The van der Waals surface area contributed by atoms with E-state index in [0.717, 1.165) is 29.9 Å². The van der Waals surface area contributed by atoms with Crippen molar-refractivity contribution in [1.82, 2.24) is 9.78 Å². The molecule has 2 heterocycles. The fourth-order valence-electron chi connectivity index (χ4n) is 3.73. The van der Waals surface area contributed by atoms with Crippen LogP contribution in [-0.4, -0.2) is 28.8 Å². The summed E-state index contributed by atoms with van der Waals surface area (Å²) in [5.41, 5.74) is 3.19. The lowest BCUT2D eigenvalue weighted by Crippen LogP contribution is -2.21. The van der Waals surface area contributed by atoms with Crippen LogP contribution in [0.25, 0.3) is 5.69 Å². The number of carbonyl (C=O) groups excluding carboxylic acids is 1. The highest BCUT2D eigenvalue weighted by Crippen LogP contribution is 2.30. The van der Waals surface area contributed by atoms with E-state index in [9.17, 15) is 13.6 Å². The van der Waals surface area contributed by atoms with Gasteiger partial charge in [0.05, 0.1) is 11.4 Å². The van der Waals surface area contributed by atoms with E-state index in [-0.39, 0.29) is 11.4 Å². The molecule has 0 spiro atoms. The van der Waals surface area contributed by atoms with Crippen LogP contribution in [0.2, 0.25) is 0 Å². The molecule has 1 fully saturated rings. The summed E-state index contributed by atoms with van der Waals surface area (Å²) in [6.07, 6.45) is 1.84. The van der Waals surface area contributed by atoms with E-state index in [1.54, 1.807) is 33.8 Å². The predicted molar refractivity (Wildman–Crippen MR) is 109 cm³/mol. The smallest absolute Gasteiger partial charge is 0.255 e. The average Bonchev–Trinajstić information content (AvgIpc) is 3.31. The van der Waals surface area contributed by atoms with E-state index >= 15 is 0 Å². The van der Waals surface area contributed by atoms with Gasteiger partial charge in [-0.1, -0.05) is 0 Å². The number of amides is 1. The van der Waals surface area contributed by atoms with Gasteiger partial charge >= 0.3 is 0 Å². The number of nitrogens with one attached hydrogen (secondary N) is 1. The van der Waals surface area contributed by atoms with Gasteiger partial charge in [-0.3, -0.25) is 4.79 Å². The van der Waals surface area contributed by atoms with Crippen LogP contribution in [-0.2, 0) is 0 Å². The maximum absolute atomic E-state index is 14.5. The molecule has 0 bridgehead atoms. The minimum absolute atomic E-state index is 0.0188. The fraction of sp³-hybridized carbons (Fsp3) is 0.273. The van der Waals surface area contributed by atoms with Crippen molar-refractivity contribution in [2.45, 2.75) is 26.7 Å². The van der Waals surface area contributed by atoms with Crippen LogP contribution in [0.3, 0.4) is 0 Å². The molecule has 0 unspecified atom stereocenters. The molecule has 0 atom stereocenters. The molecule has 5 nitrogen and oxygen atoms in total. The van der Waals surface area contributed by atoms with Gasteiger partial charge in [-0.05, 0) is 69.2 Å². The first kappa shape index (κ1) is 19.1. The molecule has 1 N–H and O–H groups in total. The highest BCUT2D eigenvalue weighted by molar-refractivity contribution is 6.04. The van der Waals surface area contributed by atoms with Crippen molar-refractivity contribution >= 4 is 17.3 Å². The molecule has 1 saturated heterocycles. The number of aromatic nitrogens is 2. The Morgan fingerprint density at radius 1 is 1.00 bits per heavy atom. The standard InChI is InChI=1S/C22H22F2N4O/c1-14-11-15(2)28(26-14)18-7-5-16(6-8-18)22(29)25-17-12-19(23)21(20(24)13-17)27-9-3-4-10-27/h5-8,11-13H,3-4,9-10H2,1-2H3,(H,25,29). The van der Waals surface area contributed by atoms with Crippen LogP contribution in [0.5, 0.6) is 0 Å². The Bertz CT molecular complexity index is 1030. The molecule has 1 aromatic heterocycles. The molecule has 0 aliphatic carbocycles. The van der Waals surface area contributed by atoms with Crippen LogP contribution in [0.15, 0.2) is 42.5 Å². The Balaban J connectivity index is 1.51. The fourth-order valence-corrected chi connectivity index (χ4v) is 3.73. The van der Waals surface area contributed by atoms with Crippen LogP contribution in [0.1, 0.15) is 34.6 Å². The number of halogens is 2. The van der Waals surface area contributed by atoms with E-state index in [1.807, 2.05) is 19.9 Å². The van der Waals surface area contributed by atoms with Crippen LogP contribution >= 0.6 is 0 Å². The van der Waals surface area contributed by atoms with Gasteiger partial charge in [0.2, 0.25) is 0 Å². The number of benzene rings is 2. The second-order valence-corrected chi connectivity index (χ2v) is 7.32. The summed E-state index contributed by atoms with van der Waals surface area (Å²) in [7, 11) is 0. The number of hydrogen-bond acceptors (Lipinski definition) is 3. The molecule has 3 aromatic rings. The number of nitrogens with zero attached hydrogens (tertiary/aromatic N) is 3. The SMILES string of the molecule is Cc1cc(C)n(-c2ccc(C(=O)Nc3cc(F)c(N4CCCC4)c(F)c3)cc2)n1. The van der Waals surface area contributed by atoms with Crippen LogP contribution in [0, 0.1) is 25.5 Å². The summed E-state index contributed by atoms with van der Waals surface area (Å²) in [5.74, 6) is -1.76. The molecule has 1 aliphatic rings. The topological polar surface area (TPSA) is 50.2 Å². The maximum Gasteiger partial charge on any atom is 0.255 e. The molecule has 2 aromatic carbocycles. The molecule has 0 radical (unpaired) electrons. The molecule has 29 heavy (non-hydrogen) atoms. The van der Waals surface area contributed by atoms with E-state index in [2.05, 4.69) is 10.4 Å². The normalized spacial score (nSPS) is 13.7. The molecule has 150 valence electrons. The first-order valence-corrected chi connectivity index (χ1v) is 9.61. The molecular formula is C22H22F2N4O. The first-order chi connectivity index (χ1) is 13.9. The van der Waals surface area contributed by atoms with Crippen molar-refractivity contribution < 1.29 is 13.6 Å². The third kappa shape index (κ3) is 3.85. The third-order valence-corrected chi connectivity index (χ3v) is 5.08. The summed E-state index contributed by atoms with van der Waals surface area (Å²) in [4.78, 5) is 14.2. The lowest BCUT2D eigenvalue weighted by atomic mass is 10.1. The zero-order valence-corrected chi connectivity index (χ0v) is 16.4. The van der Waals surface area contributed by atoms with E-state index in [4.69, 9.17) is 0 Å². The van der Waals surface area contributed by atoms with Crippen molar-refractivity contribution in [3.8, 4) is 5.69 Å². The average molecular weight is 396 g/mol. The lowest BCUT2D eigenvalue weighted by Gasteiger charge is -2.19. The van der Waals surface area contributed by atoms with E-state index < -0.39 is 17.5 Å². The number of rotatable bonds is 4. The monoisotopic (exact) mass is 396 g/mol. The number of hydrogen-bond donors (Lipinski definition) is 1. The molecule has 4 rings (SSSR count). The van der Waals surface area contributed by atoms with Crippen molar-refractivity contribution in [1.29, 1.82) is 0 Å². The number of aryl methyl sites for hydroxylation is 2. The van der Waals surface area contributed by atoms with Gasteiger partial charge in [-0.15, -0.1) is 0 Å². The Labute approximate surface area is 168 Å². The second-order valence-electron chi connectivity index (χ2n) is 7.32. The van der Waals surface area contributed by atoms with E-state index in [1.165, 1.54) is 12.1 Å². The maximum atomic E-state index is 14.5. The van der Waals surface area contributed by atoms with Crippen molar-refractivity contribution in [3.63, 3.8) is 0 Å². The number of anilines is 2. The quantitative estimate of drug-likeness (QED) is 0.700. The van der Waals surface area contributed by atoms with Crippen LogP contribution < -0.4 is 10.2 Å². The van der Waals surface area contributed by atoms with Crippen LogP contribution in [0.4, 0.5) is 20.2 Å². The molecule has 1 aliphatic heterocycles. The highest BCUT2D eigenvalue weighted by Gasteiger charge is 2.21. The Morgan fingerprint density at radius 2 is 1.62 bits per heavy atom. The summed E-state index contributed by atoms with van der Waals surface area (Å²) in [5, 5.41) is 6.98. The largest absolute Gasteiger partial charge is 0.367 e. The summed E-state index contributed by atoms with van der Waals surface area (Å²) >= 11 is 0. The molecule has 7 heteroatoms. The van der Waals surface area contributed by atoms with Gasteiger partial charge in [0.25, 0.3) is 5.91 Å². The Hall–Kier alpha value is -3.22. The Kier molecular flexibility index (Phi) is 5.05. The third-order valence-electron chi connectivity index (χ3n) is 5.08. The zero-order valence-electron chi connectivity index (χ0n) is 16.4.